The average Bonchev–Trinajstić information content (AvgIpc) is 2.59. The van der Waals surface area contributed by atoms with Gasteiger partial charge < -0.3 is 5.11 Å². The Labute approximate surface area is 168 Å². The van der Waals surface area contributed by atoms with Gasteiger partial charge in [0.15, 0.2) is 0 Å². The third-order valence-corrected chi connectivity index (χ3v) is 4.37. The molecule has 1 N–H and O–H groups in total. The first-order valence-electron chi connectivity index (χ1n) is 9.28. The van der Waals surface area contributed by atoms with Gasteiger partial charge in [-0.25, -0.2) is 0 Å². The molecule has 0 fully saturated rings. The van der Waals surface area contributed by atoms with Gasteiger partial charge >= 0.3 is 5.97 Å². The Morgan fingerprint density at radius 3 is 2.30 bits per heavy atom. The van der Waals surface area contributed by atoms with Crippen LogP contribution in [-0.4, -0.2) is 16.8 Å². The van der Waals surface area contributed by atoms with E-state index in [1.807, 2.05) is 31.2 Å². The van der Waals surface area contributed by atoms with Crippen LogP contribution in [0.2, 0.25) is 5.02 Å². The SMILES string of the molecule is C=C(C(=C(CC)\N=C(\C)CCC(=O)O)/C(C)=C/C(C)C)c1ccc(Cl)cc1. The van der Waals surface area contributed by atoms with Crippen molar-refractivity contribution in [3.05, 3.63) is 64.3 Å². The van der Waals surface area contributed by atoms with Crippen LogP contribution < -0.4 is 0 Å². The molecule has 0 aliphatic rings. The van der Waals surface area contributed by atoms with E-state index in [2.05, 4.69) is 40.3 Å². The van der Waals surface area contributed by atoms with Gasteiger partial charge in [-0.2, -0.15) is 0 Å². The van der Waals surface area contributed by atoms with E-state index in [0.29, 0.717) is 17.4 Å². The summed E-state index contributed by atoms with van der Waals surface area (Å²) in [5, 5.41) is 9.59. The summed E-state index contributed by atoms with van der Waals surface area (Å²) in [5.74, 6) is -0.415. The van der Waals surface area contributed by atoms with Crippen molar-refractivity contribution in [3.8, 4) is 0 Å². The number of rotatable bonds is 9. The van der Waals surface area contributed by atoms with Crippen LogP contribution in [0.5, 0.6) is 0 Å². The lowest BCUT2D eigenvalue weighted by atomic mass is 9.90. The molecule has 1 rings (SSSR count). The van der Waals surface area contributed by atoms with E-state index in [-0.39, 0.29) is 6.42 Å². The summed E-state index contributed by atoms with van der Waals surface area (Å²) < 4.78 is 0. The van der Waals surface area contributed by atoms with Crippen LogP contribution in [0.25, 0.3) is 5.57 Å². The van der Waals surface area contributed by atoms with Gasteiger partial charge in [0, 0.05) is 22.0 Å². The molecule has 0 aliphatic carbocycles. The number of carbonyl (C=O) groups is 1. The third-order valence-electron chi connectivity index (χ3n) is 4.12. The molecular formula is C23H30ClNO2. The van der Waals surface area contributed by atoms with E-state index in [9.17, 15) is 4.79 Å². The number of hydrogen-bond donors (Lipinski definition) is 1. The molecule has 4 heteroatoms. The van der Waals surface area contributed by atoms with Crippen LogP contribution in [0, 0.1) is 5.92 Å². The predicted octanol–water partition coefficient (Wildman–Crippen LogP) is 6.95. The topological polar surface area (TPSA) is 49.7 Å². The standard InChI is InChI=1S/C23H30ClNO2/c1-7-21(25-17(5)8-13-22(26)27)23(16(4)14-15(2)3)18(6)19-9-11-20(24)12-10-19/h9-12,14-15H,6-8,13H2,1-5H3,(H,26,27)/b16-14+,23-21-,25-17-. The minimum atomic E-state index is -0.812. The molecular weight excluding hydrogens is 358 g/mol. The molecule has 0 spiro atoms. The Balaban J connectivity index is 3.46. The quantitative estimate of drug-likeness (QED) is 0.368. The van der Waals surface area contributed by atoms with Crippen molar-refractivity contribution in [2.75, 3.05) is 0 Å². The maximum Gasteiger partial charge on any atom is 0.303 e. The van der Waals surface area contributed by atoms with Crippen molar-refractivity contribution in [2.45, 2.75) is 53.9 Å². The van der Waals surface area contributed by atoms with E-state index in [0.717, 1.165) is 40.1 Å². The summed E-state index contributed by atoms with van der Waals surface area (Å²) in [7, 11) is 0. The van der Waals surface area contributed by atoms with E-state index >= 15 is 0 Å². The third kappa shape index (κ3) is 7.56. The average molecular weight is 388 g/mol. The Kier molecular flexibility index (Phi) is 9.23. The lowest BCUT2D eigenvalue weighted by Crippen LogP contribution is -2.02. The highest BCUT2D eigenvalue weighted by Crippen LogP contribution is 2.33. The van der Waals surface area contributed by atoms with Crippen LogP contribution in [0.1, 0.15) is 59.4 Å². The maximum absolute atomic E-state index is 10.8. The second kappa shape index (κ2) is 10.9. The number of carboxylic acids is 1. The van der Waals surface area contributed by atoms with Gasteiger partial charge in [-0.1, -0.05) is 57.2 Å². The fourth-order valence-corrected chi connectivity index (χ4v) is 3.03. The minimum Gasteiger partial charge on any atom is -0.481 e. The number of halogens is 1. The second-order valence-electron chi connectivity index (χ2n) is 7.00. The largest absolute Gasteiger partial charge is 0.481 e. The fourth-order valence-electron chi connectivity index (χ4n) is 2.90. The molecule has 0 aliphatic heterocycles. The van der Waals surface area contributed by atoms with Crippen molar-refractivity contribution in [1.29, 1.82) is 0 Å². The van der Waals surface area contributed by atoms with Crippen LogP contribution in [0.4, 0.5) is 0 Å². The molecule has 0 saturated carbocycles. The zero-order chi connectivity index (χ0) is 20.6. The normalized spacial score (nSPS) is 13.6. The smallest absolute Gasteiger partial charge is 0.303 e. The first-order valence-corrected chi connectivity index (χ1v) is 9.66. The molecule has 0 amide bonds. The molecule has 3 nitrogen and oxygen atoms in total. The second-order valence-corrected chi connectivity index (χ2v) is 7.43. The summed E-state index contributed by atoms with van der Waals surface area (Å²) in [4.78, 5) is 15.6. The first kappa shape index (κ1) is 22.9. The van der Waals surface area contributed by atoms with Gasteiger partial charge in [-0.05, 0) is 61.4 Å². The molecule has 0 atom stereocenters. The van der Waals surface area contributed by atoms with Crippen molar-refractivity contribution < 1.29 is 9.90 Å². The van der Waals surface area contributed by atoms with E-state index in [1.165, 1.54) is 0 Å². The van der Waals surface area contributed by atoms with Crippen molar-refractivity contribution in [2.24, 2.45) is 10.9 Å². The Hall–Kier alpha value is -2.13. The Bertz CT molecular complexity index is 768. The van der Waals surface area contributed by atoms with Gasteiger partial charge in [-0.3, -0.25) is 9.79 Å². The van der Waals surface area contributed by atoms with E-state index in [1.54, 1.807) is 0 Å². The van der Waals surface area contributed by atoms with Gasteiger partial charge in [0.2, 0.25) is 0 Å². The highest BCUT2D eigenvalue weighted by Gasteiger charge is 2.14. The number of aliphatic carboxylic acids is 1. The van der Waals surface area contributed by atoms with Crippen molar-refractivity contribution in [1.82, 2.24) is 0 Å². The molecule has 0 saturated heterocycles. The summed E-state index contributed by atoms with van der Waals surface area (Å²) >= 11 is 6.02. The fraction of sp³-hybridized carbons (Fsp3) is 0.391. The van der Waals surface area contributed by atoms with E-state index < -0.39 is 5.97 Å². The van der Waals surface area contributed by atoms with Crippen LogP contribution in [0.3, 0.4) is 0 Å². The minimum absolute atomic E-state index is 0.0839. The predicted molar refractivity (Wildman–Crippen MR) is 116 cm³/mol. The summed E-state index contributed by atoms with van der Waals surface area (Å²) in [5.41, 5.74) is 5.77. The van der Waals surface area contributed by atoms with Gasteiger partial charge in [0.05, 0.1) is 6.42 Å². The molecule has 1 aromatic carbocycles. The molecule has 146 valence electrons. The lowest BCUT2D eigenvalue weighted by Gasteiger charge is -2.17. The number of allylic oxidation sites excluding steroid dienone is 5. The molecule has 0 aromatic heterocycles. The number of benzene rings is 1. The van der Waals surface area contributed by atoms with Gasteiger partial charge in [-0.15, -0.1) is 0 Å². The zero-order valence-corrected chi connectivity index (χ0v) is 17.7. The molecule has 27 heavy (non-hydrogen) atoms. The van der Waals surface area contributed by atoms with Gasteiger partial charge in [0.25, 0.3) is 0 Å². The highest BCUT2D eigenvalue weighted by atomic mass is 35.5. The summed E-state index contributed by atoms with van der Waals surface area (Å²) in [6.07, 6.45) is 3.46. The molecule has 0 unspecified atom stereocenters. The van der Waals surface area contributed by atoms with Gasteiger partial charge in [0.1, 0.15) is 0 Å². The van der Waals surface area contributed by atoms with E-state index in [4.69, 9.17) is 21.7 Å². The Morgan fingerprint density at radius 2 is 1.81 bits per heavy atom. The number of hydrogen-bond acceptors (Lipinski definition) is 2. The van der Waals surface area contributed by atoms with Crippen LogP contribution in [-0.2, 0) is 4.79 Å². The zero-order valence-electron chi connectivity index (χ0n) is 17.0. The van der Waals surface area contributed by atoms with Crippen molar-refractivity contribution >= 4 is 28.9 Å². The molecule has 0 heterocycles. The molecule has 0 radical (unpaired) electrons. The number of carboxylic acid groups (broad SMARTS) is 1. The molecule has 0 bridgehead atoms. The summed E-state index contributed by atoms with van der Waals surface area (Å²) in [6.45, 7) is 14.6. The summed E-state index contributed by atoms with van der Waals surface area (Å²) in [6, 6.07) is 7.63. The first-order chi connectivity index (χ1) is 12.6. The number of aliphatic imine (C=N–C) groups is 1. The van der Waals surface area contributed by atoms with Crippen molar-refractivity contribution in [3.63, 3.8) is 0 Å². The maximum atomic E-state index is 10.8. The number of nitrogens with zero attached hydrogens (tertiary/aromatic N) is 1. The molecule has 1 aromatic rings. The van der Waals surface area contributed by atoms with Crippen LogP contribution in [0.15, 0.2) is 58.8 Å². The highest BCUT2D eigenvalue weighted by molar-refractivity contribution is 6.30. The van der Waals surface area contributed by atoms with Crippen LogP contribution >= 0.6 is 11.6 Å². The monoisotopic (exact) mass is 387 g/mol. The lowest BCUT2D eigenvalue weighted by molar-refractivity contribution is -0.136. The Morgan fingerprint density at radius 1 is 1.22 bits per heavy atom.